The van der Waals surface area contributed by atoms with Gasteiger partial charge in [-0.1, -0.05) is 0 Å². The van der Waals surface area contributed by atoms with Gasteiger partial charge in [-0.15, -0.1) is 0 Å². The van der Waals surface area contributed by atoms with Crippen LogP contribution < -0.4 is 10.5 Å². The summed E-state index contributed by atoms with van der Waals surface area (Å²) >= 11 is 0. The molecule has 1 fully saturated rings. The first-order valence-corrected chi connectivity index (χ1v) is 5.66. The zero-order chi connectivity index (χ0) is 10.6. The van der Waals surface area contributed by atoms with E-state index in [1.165, 1.54) is 24.0 Å². The number of nitrogens with two attached hydrogens (primary N) is 1. The van der Waals surface area contributed by atoms with Crippen LogP contribution in [0.2, 0.25) is 0 Å². The van der Waals surface area contributed by atoms with Gasteiger partial charge in [0.25, 0.3) is 0 Å². The summed E-state index contributed by atoms with van der Waals surface area (Å²) in [4.78, 5) is 0. The second-order valence-corrected chi connectivity index (χ2v) is 5.40. The lowest BCUT2D eigenvalue weighted by molar-refractivity contribution is 0.138. The number of rotatable bonds is 1. The molecule has 80 valence electrons. The molecule has 1 aromatic rings. The van der Waals surface area contributed by atoms with Crippen molar-refractivity contribution in [2.75, 3.05) is 5.73 Å². The second kappa shape index (κ2) is 2.69. The van der Waals surface area contributed by atoms with Crippen LogP contribution in [0.3, 0.4) is 0 Å². The van der Waals surface area contributed by atoms with E-state index in [4.69, 9.17) is 10.5 Å². The van der Waals surface area contributed by atoms with Crippen molar-refractivity contribution in [3.05, 3.63) is 23.3 Å². The molecule has 0 bridgehead atoms. The lowest BCUT2D eigenvalue weighted by Gasteiger charge is -2.17. The number of benzene rings is 1. The Labute approximate surface area is 90.4 Å². The monoisotopic (exact) mass is 203 g/mol. The van der Waals surface area contributed by atoms with Crippen LogP contribution in [0.25, 0.3) is 0 Å². The van der Waals surface area contributed by atoms with E-state index in [1.807, 2.05) is 0 Å². The predicted molar refractivity (Wildman–Crippen MR) is 61.2 cm³/mol. The van der Waals surface area contributed by atoms with Crippen molar-refractivity contribution in [2.24, 2.45) is 0 Å². The molecule has 1 saturated carbocycles. The van der Waals surface area contributed by atoms with E-state index < -0.39 is 0 Å². The fourth-order valence-corrected chi connectivity index (χ4v) is 2.43. The minimum atomic E-state index is -0.0586. The number of ether oxygens (including phenoxy) is 1. The van der Waals surface area contributed by atoms with Crippen molar-refractivity contribution in [1.29, 1.82) is 0 Å². The van der Waals surface area contributed by atoms with Crippen molar-refractivity contribution in [2.45, 2.75) is 44.6 Å². The largest absolute Gasteiger partial charge is 0.487 e. The van der Waals surface area contributed by atoms with Gasteiger partial charge >= 0.3 is 0 Å². The minimum absolute atomic E-state index is 0.0586. The average Bonchev–Trinajstić information content (AvgIpc) is 2.88. The molecule has 2 nitrogen and oxygen atoms in total. The Morgan fingerprint density at radius 3 is 2.73 bits per heavy atom. The standard InChI is InChI=1S/C13H17NO/c1-13(2)7-9-5-11(14)10(8-3-4-8)6-12(9)15-13/h5-6,8H,3-4,7,14H2,1-2H3. The Hall–Kier alpha value is -1.18. The number of hydrogen-bond acceptors (Lipinski definition) is 2. The van der Waals surface area contributed by atoms with Crippen molar-refractivity contribution in [3.8, 4) is 5.75 Å². The molecule has 1 aliphatic carbocycles. The highest BCUT2D eigenvalue weighted by Crippen LogP contribution is 2.46. The van der Waals surface area contributed by atoms with Gasteiger partial charge in [0.1, 0.15) is 11.4 Å². The molecule has 0 amide bonds. The van der Waals surface area contributed by atoms with Gasteiger partial charge in [0.15, 0.2) is 0 Å². The summed E-state index contributed by atoms with van der Waals surface area (Å²) in [6.45, 7) is 4.25. The van der Waals surface area contributed by atoms with E-state index in [2.05, 4.69) is 26.0 Å². The molecule has 1 aromatic carbocycles. The van der Waals surface area contributed by atoms with Gasteiger partial charge in [0.05, 0.1) is 0 Å². The van der Waals surface area contributed by atoms with Crippen molar-refractivity contribution < 1.29 is 4.74 Å². The fraction of sp³-hybridized carbons (Fsp3) is 0.538. The molecule has 15 heavy (non-hydrogen) atoms. The van der Waals surface area contributed by atoms with E-state index >= 15 is 0 Å². The summed E-state index contributed by atoms with van der Waals surface area (Å²) in [6, 6.07) is 4.27. The molecule has 0 atom stereocenters. The summed E-state index contributed by atoms with van der Waals surface area (Å²) in [5, 5.41) is 0. The molecule has 0 unspecified atom stereocenters. The summed E-state index contributed by atoms with van der Waals surface area (Å²) in [7, 11) is 0. The Kier molecular flexibility index (Phi) is 1.63. The number of anilines is 1. The normalized spacial score (nSPS) is 22.3. The second-order valence-electron chi connectivity index (χ2n) is 5.40. The predicted octanol–water partition coefficient (Wildman–Crippen LogP) is 2.86. The molecule has 1 aliphatic heterocycles. The van der Waals surface area contributed by atoms with E-state index in [-0.39, 0.29) is 5.60 Å². The van der Waals surface area contributed by atoms with Gasteiger partial charge in [-0.05, 0) is 50.3 Å². The van der Waals surface area contributed by atoms with Gasteiger partial charge in [-0.25, -0.2) is 0 Å². The summed E-state index contributed by atoms with van der Waals surface area (Å²) in [5.74, 6) is 1.75. The third-order valence-corrected chi connectivity index (χ3v) is 3.29. The van der Waals surface area contributed by atoms with Crippen LogP contribution in [-0.2, 0) is 6.42 Å². The van der Waals surface area contributed by atoms with Crippen LogP contribution in [0, 0.1) is 0 Å². The molecular weight excluding hydrogens is 186 g/mol. The van der Waals surface area contributed by atoms with Gasteiger partial charge in [0, 0.05) is 17.7 Å². The van der Waals surface area contributed by atoms with Crippen LogP contribution in [0.1, 0.15) is 43.7 Å². The van der Waals surface area contributed by atoms with Crippen molar-refractivity contribution >= 4 is 5.69 Å². The lowest BCUT2D eigenvalue weighted by atomic mass is 9.99. The zero-order valence-electron chi connectivity index (χ0n) is 9.34. The first-order chi connectivity index (χ1) is 7.05. The van der Waals surface area contributed by atoms with E-state index in [0.29, 0.717) is 5.92 Å². The van der Waals surface area contributed by atoms with Crippen LogP contribution >= 0.6 is 0 Å². The third-order valence-electron chi connectivity index (χ3n) is 3.29. The maximum Gasteiger partial charge on any atom is 0.123 e. The molecule has 0 spiro atoms. The van der Waals surface area contributed by atoms with Crippen LogP contribution in [0.15, 0.2) is 12.1 Å². The van der Waals surface area contributed by atoms with Gasteiger partial charge in [-0.2, -0.15) is 0 Å². The average molecular weight is 203 g/mol. The molecule has 2 heteroatoms. The molecule has 2 N–H and O–H groups in total. The Morgan fingerprint density at radius 1 is 1.33 bits per heavy atom. The van der Waals surface area contributed by atoms with Gasteiger partial charge in [-0.3, -0.25) is 0 Å². The summed E-state index contributed by atoms with van der Waals surface area (Å²) < 4.78 is 5.91. The topological polar surface area (TPSA) is 35.2 Å². The highest BCUT2D eigenvalue weighted by molar-refractivity contribution is 5.58. The van der Waals surface area contributed by atoms with Crippen LogP contribution in [-0.4, -0.2) is 5.60 Å². The third kappa shape index (κ3) is 1.48. The Balaban J connectivity index is 2.04. The molecule has 1 heterocycles. The van der Waals surface area contributed by atoms with Crippen LogP contribution in [0.5, 0.6) is 5.75 Å². The number of fused-ring (bicyclic) bond motifs is 1. The van der Waals surface area contributed by atoms with Gasteiger partial charge in [0.2, 0.25) is 0 Å². The Morgan fingerprint density at radius 2 is 2.07 bits per heavy atom. The summed E-state index contributed by atoms with van der Waals surface area (Å²) in [6.07, 6.45) is 3.54. The number of nitrogen functional groups attached to an aromatic ring is 1. The highest BCUT2D eigenvalue weighted by atomic mass is 16.5. The van der Waals surface area contributed by atoms with E-state index in [0.717, 1.165) is 17.9 Å². The lowest BCUT2D eigenvalue weighted by Crippen LogP contribution is -2.24. The molecular formula is C13H17NO. The van der Waals surface area contributed by atoms with Crippen molar-refractivity contribution in [1.82, 2.24) is 0 Å². The maximum absolute atomic E-state index is 6.07. The van der Waals surface area contributed by atoms with Gasteiger partial charge < -0.3 is 10.5 Å². The smallest absolute Gasteiger partial charge is 0.123 e. The molecule has 0 radical (unpaired) electrons. The number of hydrogen-bond donors (Lipinski definition) is 1. The maximum atomic E-state index is 6.07. The van der Waals surface area contributed by atoms with E-state index in [1.54, 1.807) is 0 Å². The first-order valence-electron chi connectivity index (χ1n) is 5.66. The highest BCUT2D eigenvalue weighted by Gasteiger charge is 2.33. The quantitative estimate of drug-likeness (QED) is 0.712. The fourth-order valence-electron chi connectivity index (χ4n) is 2.43. The zero-order valence-corrected chi connectivity index (χ0v) is 9.34. The van der Waals surface area contributed by atoms with Crippen molar-refractivity contribution in [3.63, 3.8) is 0 Å². The SMILES string of the molecule is CC1(C)Cc2cc(N)c(C3CC3)cc2O1. The first kappa shape index (κ1) is 9.08. The molecule has 0 aromatic heterocycles. The molecule has 0 saturated heterocycles. The minimum Gasteiger partial charge on any atom is -0.487 e. The van der Waals surface area contributed by atoms with Crippen LogP contribution in [0.4, 0.5) is 5.69 Å². The Bertz CT molecular complexity index is 419. The summed E-state index contributed by atoms with van der Waals surface area (Å²) in [5.41, 5.74) is 9.53. The van der Waals surface area contributed by atoms with E-state index in [9.17, 15) is 0 Å². The molecule has 2 aliphatic rings. The molecule has 3 rings (SSSR count).